The van der Waals surface area contributed by atoms with Crippen LogP contribution in [0.4, 0.5) is 0 Å². The lowest BCUT2D eigenvalue weighted by Crippen LogP contribution is -2.22. The van der Waals surface area contributed by atoms with E-state index in [0.29, 0.717) is 0 Å². The molecular formula is C10H12N2O5. The number of aryl methyl sites for hydroxylation is 1. The number of nitrogens with zero attached hydrogens (tertiary/aromatic N) is 2. The quantitative estimate of drug-likeness (QED) is 0.582. The van der Waals surface area contributed by atoms with Gasteiger partial charge in [-0.25, -0.2) is 9.48 Å². The van der Waals surface area contributed by atoms with Crippen LogP contribution >= 0.6 is 0 Å². The topological polar surface area (TPSA) is 90.6 Å². The van der Waals surface area contributed by atoms with E-state index < -0.39 is 11.5 Å². The predicted octanol–water partition coefficient (Wildman–Crippen LogP) is -0.139. The van der Waals surface area contributed by atoms with Gasteiger partial charge in [0.2, 0.25) is 0 Å². The van der Waals surface area contributed by atoms with Crippen LogP contribution in [0.1, 0.15) is 5.56 Å². The van der Waals surface area contributed by atoms with Crippen molar-refractivity contribution in [2.24, 2.45) is 7.05 Å². The van der Waals surface area contributed by atoms with Crippen molar-refractivity contribution in [2.45, 2.75) is 0 Å². The Morgan fingerprint density at radius 1 is 1.53 bits per heavy atom. The molecule has 1 aromatic rings. The normalized spacial score (nSPS) is 11.1. The molecule has 0 aromatic carbocycles. The molecule has 92 valence electrons. The Labute approximate surface area is 96.9 Å². The number of aliphatic carboxylic acids is 1. The molecule has 1 aromatic heterocycles. The minimum Gasteiger partial charge on any atom is -0.503 e. The van der Waals surface area contributed by atoms with Crippen LogP contribution in [0.3, 0.4) is 0 Å². The smallest absolute Gasteiger partial charge is 0.339 e. The summed E-state index contributed by atoms with van der Waals surface area (Å²) in [5.41, 5.74) is -0.646. The summed E-state index contributed by atoms with van der Waals surface area (Å²) in [7, 11) is 4.03. The molecule has 0 unspecified atom stereocenters. The van der Waals surface area contributed by atoms with Gasteiger partial charge in [-0.1, -0.05) is 0 Å². The molecule has 0 aliphatic carbocycles. The number of hydrogen-bond acceptors (Lipinski definition) is 5. The molecule has 7 heteroatoms. The van der Waals surface area contributed by atoms with Gasteiger partial charge in [-0.05, 0) is 0 Å². The first-order chi connectivity index (χ1) is 8.02. The molecule has 0 aliphatic rings. The van der Waals surface area contributed by atoms with Gasteiger partial charge in [-0.15, -0.1) is 0 Å². The molecule has 1 rings (SSSR count). The number of aromatic nitrogens is 2. The summed E-state index contributed by atoms with van der Waals surface area (Å²) in [6.07, 6.45) is 2.25. The van der Waals surface area contributed by atoms with E-state index in [1.165, 1.54) is 27.5 Å². The van der Waals surface area contributed by atoms with Crippen LogP contribution in [0.5, 0.6) is 5.75 Å². The average molecular weight is 240 g/mol. The zero-order valence-electron chi connectivity index (χ0n) is 9.63. The maximum atomic E-state index is 11.7. The molecule has 0 atom stereocenters. The molecule has 0 aliphatic heterocycles. The van der Waals surface area contributed by atoms with Crippen molar-refractivity contribution in [3.8, 4) is 5.75 Å². The molecule has 0 amide bonds. The van der Waals surface area contributed by atoms with Crippen LogP contribution in [0.25, 0.3) is 5.57 Å². The summed E-state index contributed by atoms with van der Waals surface area (Å²) in [6, 6.07) is 0. The van der Waals surface area contributed by atoms with Crippen LogP contribution in [0.15, 0.2) is 17.3 Å². The van der Waals surface area contributed by atoms with E-state index in [4.69, 9.17) is 9.84 Å². The first-order valence-corrected chi connectivity index (χ1v) is 4.59. The third kappa shape index (κ3) is 2.44. The largest absolute Gasteiger partial charge is 0.503 e. The van der Waals surface area contributed by atoms with Gasteiger partial charge in [0.1, 0.15) is 5.57 Å². The highest BCUT2D eigenvalue weighted by molar-refractivity contribution is 6.15. The average Bonchev–Trinajstić information content (AvgIpc) is 2.29. The van der Waals surface area contributed by atoms with E-state index in [-0.39, 0.29) is 16.9 Å². The zero-order chi connectivity index (χ0) is 13.0. The van der Waals surface area contributed by atoms with Gasteiger partial charge < -0.3 is 14.6 Å². The third-order valence-electron chi connectivity index (χ3n) is 2.05. The number of hydrogen-bond donors (Lipinski definition) is 1. The fourth-order valence-corrected chi connectivity index (χ4v) is 1.25. The van der Waals surface area contributed by atoms with Gasteiger partial charge in [0.15, 0.2) is 5.75 Å². The molecule has 0 saturated carbocycles. The molecule has 0 saturated heterocycles. The third-order valence-corrected chi connectivity index (χ3v) is 2.05. The Morgan fingerprint density at radius 2 is 2.18 bits per heavy atom. The van der Waals surface area contributed by atoms with Crippen molar-refractivity contribution in [1.29, 1.82) is 0 Å². The fourth-order valence-electron chi connectivity index (χ4n) is 1.25. The van der Waals surface area contributed by atoms with E-state index in [1.54, 1.807) is 0 Å². The number of rotatable bonds is 4. The molecule has 17 heavy (non-hydrogen) atoms. The van der Waals surface area contributed by atoms with Crippen molar-refractivity contribution < 1.29 is 19.4 Å². The zero-order valence-corrected chi connectivity index (χ0v) is 9.63. The first kappa shape index (κ1) is 12.8. The van der Waals surface area contributed by atoms with E-state index in [9.17, 15) is 9.59 Å². The van der Waals surface area contributed by atoms with Crippen LogP contribution in [0, 0.1) is 0 Å². The van der Waals surface area contributed by atoms with Crippen molar-refractivity contribution in [1.82, 2.24) is 9.78 Å². The Kier molecular flexibility index (Phi) is 3.86. The van der Waals surface area contributed by atoms with Crippen molar-refractivity contribution in [2.75, 3.05) is 14.2 Å². The minimum atomic E-state index is -1.24. The second-order valence-corrected chi connectivity index (χ2v) is 3.09. The lowest BCUT2D eigenvalue weighted by atomic mass is 10.1. The Bertz CT molecular complexity index is 518. The molecule has 0 bridgehead atoms. The Balaban J connectivity index is 3.50. The molecule has 1 N–H and O–H groups in total. The lowest BCUT2D eigenvalue weighted by Gasteiger charge is -2.08. The van der Waals surface area contributed by atoms with Gasteiger partial charge in [0, 0.05) is 7.05 Å². The summed E-state index contributed by atoms with van der Waals surface area (Å²) >= 11 is 0. The molecule has 0 radical (unpaired) electrons. The lowest BCUT2D eigenvalue weighted by molar-refractivity contribution is -0.130. The number of carbonyl (C=O) groups is 1. The second-order valence-electron chi connectivity index (χ2n) is 3.09. The maximum absolute atomic E-state index is 11.7. The SMILES string of the molecule is COC=C(C(=O)O)c1cnn(C)c(=O)c1OC. The summed E-state index contributed by atoms with van der Waals surface area (Å²) < 4.78 is 10.6. The van der Waals surface area contributed by atoms with Gasteiger partial charge in [-0.3, -0.25) is 4.79 Å². The predicted molar refractivity (Wildman–Crippen MR) is 58.7 cm³/mol. The highest BCUT2D eigenvalue weighted by atomic mass is 16.5. The highest BCUT2D eigenvalue weighted by Crippen LogP contribution is 2.21. The van der Waals surface area contributed by atoms with Gasteiger partial charge in [-0.2, -0.15) is 5.10 Å². The van der Waals surface area contributed by atoms with Crippen LogP contribution in [-0.4, -0.2) is 35.1 Å². The van der Waals surface area contributed by atoms with Gasteiger partial charge in [0.05, 0.1) is 32.2 Å². The van der Waals surface area contributed by atoms with E-state index in [0.717, 1.165) is 10.9 Å². The van der Waals surface area contributed by atoms with Crippen molar-refractivity contribution in [3.63, 3.8) is 0 Å². The first-order valence-electron chi connectivity index (χ1n) is 4.59. The summed E-state index contributed by atoms with van der Waals surface area (Å²) in [5, 5.41) is 12.7. The van der Waals surface area contributed by atoms with Crippen molar-refractivity contribution in [3.05, 3.63) is 28.4 Å². The fraction of sp³-hybridized carbons (Fsp3) is 0.300. The molecule has 1 heterocycles. The van der Waals surface area contributed by atoms with Crippen LogP contribution < -0.4 is 10.3 Å². The summed E-state index contributed by atoms with van der Waals surface area (Å²) in [6.45, 7) is 0. The molecule has 0 fully saturated rings. The Morgan fingerprint density at radius 3 is 2.65 bits per heavy atom. The summed E-state index contributed by atoms with van der Waals surface area (Å²) in [4.78, 5) is 22.7. The minimum absolute atomic E-state index is 0.0740. The molecule has 7 nitrogen and oxygen atoms in total. The Hall–Kier alpha value is -2.31. The maximum Gasteiger partial charge on any atom is 0.339 e. The monoisotopic (exact) mass is 240 g/mol. The van der Waals surface area contributed by atoms with Gasteiger partial charge in [0.25, 0.3) is 0 Å². The van der Waals surface area contributed by atoms with Crippen molar-refractivity contribution >= 4 is 11.5 Å². The molecule has 0 spiro atoms. The van der Waals surface area contributed by atoms with E-state index >= 15 is 0 Å². The highest BCUT2D eigenvalue weighted by Gasteiger charge is 2.19. The number of methoxy groups -OCH3 is 2. The van der Waals surface area contributed by atoms with Gasteiger partial charge >= 0.3 is 11.5 Å². The van der Waals surface area contributed by atoms with E-state index in [2.05, 4.69) is 9.84 Å². The number of ether oxygens (including phenoxy) is 2. The molecular weight excluding hydrogens is 228 g/mol. The van der Waals surface area contributed by atoms with Crippen LogP contribution in [-0.2, 0) is 16.6 Å². The standard InChI is InChI=1S/C10H12N2O5/c1-12-9(13)8(17-3)6(4-11-12)7(5-16-2)10(14)15/h4-5H,1-3H3,(H,14,15). The summed E-state index contributed by atoms with van der Waals surface area (Å²) in [5.74, 6) is -1.33. The number of carboxylic acid groups (broad SMARTS) is 1. The number of carboxylic acids is 1. The van der Waals surface area contributed by atoms with E-state index in [1.807, 2.05) is 0 Å². The second kappa shape index (κ2) is 5.15. The van der Waals surface area contributed by atoms with Crippen LogP contribution in [0.2, 0.25) is 0 Å².